The Morgan fingerprint density at radius 3 is 2.50 bits per heavy atom. The molecule has 0 aliphatic rings. The van der Waals surface area contributed by atoms with Crippen LogP contribution in [0.1, 0.15) is 25.0 Å². The van der Waals surface area contributed by atoms with Crippen molar-refractivity contribution in [3.05, 3.63) is 35.4 Å². The summed E-state index contributed by atoms with van der Waals surface area (Å²) in [6.07, 6.45) is 0. The van der Waals surface area contributed by atoms with Crippen LogP contribution in [-0.2, 0) is 16.8 Å². The van der Waals surface area contributed by atoms with E-state index in [1.54, 1.807) is 0 Å². The van der Waals surface area contributed by atoms with Crippen LogP contribution in [0.25, 0.3) is 0 Å². The topological polar surface area (TPSA) is 75.4 Å². The number of hydrogen-bond donors (Lipinski definition) is 2. The van der Waals surface area contributed by atoms with Crippen LogP contribution in [0, 0.1) is 11.8 Å². The van der Waals surface area contributed by atoms with Crippen molar-refractivity contribution in [1.29, 1.82) is 0 Å². The number of hydrogen-bond acceptors (Lipinski definition) is 3. The number of rotatable bonds is 6. The summed E-state index contributed by atoms with van der Waals surface area (Å²) < 4.78 is 28.1. The van der Waals surface area contributed by atoms with Gasteiger partial charge in [0.15, 0.2) is 0 Å². The van der Waals surface area contributed by atoms with Gasteiger partial charge in [0.05, 0.1) is 6.54 Å². The summed E-state index contributed by atoms with van der Waals surface area (Å²) in [5, 5.41) is 0. The van der Waals surface area contributed by atoms with Gasteiger partial charge in [0.25, 0.3) is 10.2 Å². The summed E-state index contributed by atoms with van der Waals surface area (Å²) >= 11 is 0. The first-order chi connectivity index (χ1) is 9.55. The van der Waals surface area contributed by atoms with Crippen molar-refractivity contribution >= 4 is 10.2 Å². The summed E-state index contributed by atoms with van der Waals surface area (Å²) in [6, 6.07) is 7.42. The molecule has 20 heavy (non-hydrogen) atoms. The molecule has 0 saturated carbocycles. The van der Waals surface area contributed by atoms with Gasteiger partial charge in [-0.15, -0.1) is 0 Å². The molecule has 0 aliphatic carbocycles. The molecule has 0 atom stereocenters. The number of benzene rings is 1. The van der Waals surface area contributed by atoms with Gasteiger partial charge in [0, 0.05) is 25.2 Å². The molecular weight excluding hydrogens is 274 g/mol. The third-order valence-electron chi connectivity index (χ3n) is 2.83. The molecule has 5 nitrogen and oxygen atoms in total. The molecule has 1 aromatic carbocycles. The smallest absolute Gasteiger partial charge is 0.279 e. The second-order valence-corrected chi connectivity index (χ2v) is 5.83. The zero-order chi connectivity index (χ0) is 15.0. The fourth-order valence-electron chi connectivity index (χ4n) is 1.77. The van der Waals surface area contributed by atoms with Crippen LogP contribution in [0.5, 0.6) is 0 Å². The summed E-state index contributed by atoms with van der Waals surface area (Å²) in [5.74, 6) is 5.72. The Morgan fingerprint density at radius 1 is 1.25 bits per heavy atom. The van der Waals surface area contributed by atoms with Crippen molar-refractivity contribution in [2.75, 3.05) is 19.6 Å². The van der Waals surface area contributed by atoms with Gasteiger partial charge in [-0.05, 0) is 11.6 Å². The van der Waals surface area contributed by atoms with Crippen molar-refractivity contribution in [2.45, 2.75) is 20.4 Å². The highest BCUT2D eigenvalue weighted by atomic mass is 32.2. The fraction of sp³-hybridized carbons (Fsp3) is 0.429. The van der Waals surface area contributed by atoms with Crippen LogP contribution in [0.2, 0.25) is 0 Å². The van der Waals surface area contributed by atoms with Gasteiger partial charge in [-0.1, -0.05) is 43.9 Å². The van der Waals surface area contributed by atoms with E-state index < -0.39 is 10.2 Å². The third kappa shape index (κ3) is 4.62. The highest BCUT2D eigenvalue weighted by molar-refractivity contribution is 7.87. The summed E-state index contributed by atoms with van der Waals surface area (Å²) in [7, 11) is -3.45. The number of nitrogens with zero attached hydrogens (tertiary/aromatic N) is 1. The molecule has 0 heterocycles. The SMILES string of the molecule is CCN(CC)S(=O)(=O)NCc1ccccc1C#CCN. The van der Waals surface area contributed by atoms with Gasteiger partial charge < -0.3 is 5.73 Å². The molecule has 3 N–H and O–H groups in total. The van der Waals surface area contributed by atoms with Gasteiger partial charge in [-0.25, -0.2) is 0 Å². The molecule has 0 bridgehead atoms. The minimum absolute atomic E-state index is 0.217. The summed E-state index contributed by atoms with van der Waals surface area (Å²) in [4.78, 5) is 0. The average molecular weight is 295 g/mol. The second kappa shape index (κ2) is 8.02. The van der Waals surface area contributed by atoms with Crippen molar-refractivity contribution < 1.29 is 8.42 Å². The third-order valence-corrected chi connectivity index (χ3v) is 4.54. The second-order valence-electron chi connectivity index (χ2n) is 4.07. The van der Waals surface area contributed by atoms with E-state index in [0.29, 0.717) is 13.1 Å². The lowest BCUT2D eigenvalue weighted by molar-refractivity contribution is 0.434. The minimum atomic E-state index is -3.45. The molecule has 0 unspecified atom stereocenters. The molecule has 6 heteroatoms. The first-order valence-corrected chi connectivity index (χ1v) is 8.00. The molecule has 1 rings (SSSR count). The average Bonchev–Trinajstić information content (AvgIpc) is 2.45. The maximum atomic E-state index is 12.1. The lowest BCUT2D eigenvalue weighted by atomic mass is 10.1. The van der Waals surface area contributed by atoms with Gasteiger partial charge in [0.2, 0.25) is 0 Å². The standard InChI is InChI=1S/C14H21N3O2S/c1-3-17(4-2)20(18,19)16-12-14-9-6-5-8-13(14)10-7-11-15/h5-6,8-9,16H,3-4,11-12,15H2,1-2H3. The largest absolute Gasteiger partial charge is 0.320 e. The quantitative estimate of drug-likeness (QED) is 0.758. The van der Waals surface area contributed by atoms with Crippen LogP contribution in [0.15, 0.2) is 24.3 Å². The van der Waals surface area contributed by atoms with Crippen LogP contribution >= 0.6 is 0 Å². The van der Waals surface area contributed by atoms with Crippen molar-refractivity contribution in [1.82, 2.24) is 9.03 Å². The van der Waals surface area contributed by atoms with Crippen molar-refractivity contribution in [3.63, 3.8) is 0 Å². The molecule has 0 saturated heterocycles. The Morgan fingerprint density at radius 2 is 1.90 bits per heavy atom. The predicted molar refractivity (Wildman–Crippen MR) is 81.1 cm³/mol. The first kappa shape index (κ1) is 16.7. The highest BCUT2D eigenvalue weighted by Gasteiger charge is 2.17. The lowest BCUT2D eigenvalue weighted by Crippen LogP contribution is -2.40. The molecule has 0 aliphatic heterocycles. The number of nitrogens with one attached hydrogen (secondary N) is 1. The van der Waals surface area contributed by atoms with Gasteiger partial charge in [-0.3, -0.25) is 0 Å². The summed E-state index contributed by atoms with van der Waals surface area (Å²) in [5.41, 5.74) is 6.98. The normalized spacial score (nSPS) is 11.2. The van der Waals surface area contributed by atoms with Crippen LogP contribution in [-0.4, -0.2) is 32.4 Å². The molecule has 1 aromatic rings. The predicted octanol–water partition coefficient (Wildman–Crippen LogP) is 0.673. The Kier molecular flexibility index (Phi) is 6.68. The van der Waals surface area contributed by atoms with Gasteiger partial charge in [0.1, 0.15) is 0 Å². The first-order valence-electron chi connectivity index (χ1n) is 6.56. The van der Waals surface area contributed by atoms with Crippen LogP contribution < -0.4 is 10.5 Å². The van der Waals surface area contributed by atoms with E-state index in [1.807, 2.05) is 38.1 Å². The van der Waals surface area contributed by atoms with E-state index in [2.05, 4.69) is 16.6 Å². The zero-order valence-corrected chi connectivity index (χ0v) is 12.7. The molecular formula is C14H21N3O2S. The van der Waals surface area contributed by atoms with E-state index in [9.17, 15) is 8.42 Å². The molecule has 0 fully saturated rings. The lowest BCUT2D eigenvalue weighted by Gasteiger charge is -2.19. The molecule has 110 valence electrons. The van der Waals surface area contributed by atoms with E-state index >= 15 is 0 Å². The minimum Gasteiger partial charge on any atom is -0.320 e. The van der Waals surface area contributed by atoms with Crippen LogP contribution in [0.3, 0.4) is 0 Å². The highest BCUT2D eigenvalue weighted by Crippen LogP contribution is 2.08. The van der Waals surface area contributed by atoms with Crippen molar-refractivity contribution in [2.24, 2.45) is 5.73 Å². The van der Waals surface area contributed by atoms with Crippen molar-refractivity contribution in [3.8, 4) is 11.8 Å². The van der Waals surface area contributed by atoms with E-state index in [0.717, 1.165) is 11.1 Å². The van der Waals surface area contributed by atoms with E-state index in [4.69, 9.17) is 5.73 Å². The molecule has 0 amide bonds. The fourth-order valence-corrected chi connectivity index (χ4v) is 2.97. The van der Waals surface area contributed by atoms with E-state index in [1.165, 1.54) is 4.31 Å². The molecule has 0 aromatic heterocycles. The summed E-state index contributed by atoms with van der Waals surface area (Å²) in [6.45, 7) is 5.00. The van der Waals surface area contributed by atoms with Gasteiger partial charge >= 0.3 is 0 Å². The Bertz CT molecular complexity index is 584. The monoisotopic (exact) mass is 295 g/mol. The zero-order valence-electron chi connectivity index (χ0n) is 11.9. The van der Waals surface area contributed by atoms with Gasteiger partial charge in [-0.2, -0.15) is 17.4 Å². The maximum absolute atomic E-state index is 12.1. The molecule has 0 spiro atoms. The molecule has 0 radical (unpaired) electrons. The van der Waals surface area contributed by atoms with Crippen LogP contribution in [0.4, 0.5) is 0 Å². The van der Waals surface area contributed by atoms with E-state index in [-0.39, 0.29) is 13.1 Å². The maximum Gasteiger partial charge on any atom is 0.279 e. The Balaban J connectivity index is 2.85. The Labute approximate surface area is 121 Å². The Hall–Kier alpha value is -1.39. The number of nitrogens with two attached hydrogens (primary N) is 1.